The molecule has 17 heavy (non-hydrogen) atoms. The van der Waals surface area contributed by atoms with Crippen LogP contribution in [0.2, 0.25) is 0 Å². The number of thioether (sulfide) groups is 1. The van der Waals surface area contributed by atoms with Crippen LogP contribution in [-0.4, -0.2) is 21.5 Å². The number of aromatic nitrogens is 3. The van der Waals surface area contributed by atoms with Gasteiger partial charge < -0.3 is 5.32 Å². The van der Waals surface area contributed by atoms with E-state index in [2.05, 4.69) is 33.3 Å². The number of nitrogens with zero attached hydrogens (tertiary/aromatic N) is 3. The molecule has 0 aliphatic rings. The van der Waals surface area contributed by atoms with E-state index < -0.39 is 0 Å². The summed E-state index contributed by atoms with van der Waals surface area (Å²) >= 11 is 1.66. The first-order valence-electron chi connectivity index (χ1n) is 5.46. The quantitative estimate of drug-likeness (QED) is 0.822. The molecule has 1 N–H and O–H groups in total. The highest BCUT2D eigenvalue weighted by molar-refractivity contribution is 7.98. The summed E-state index contributed by atoms with van der Waals surface area (Å²) < 4.78 is 0. The minimum absolute atomic E-state index is 0.842. The fraction of sp³-hybridized carbons (Fsp3) is 0.250. The molecule has 2 aromatic heterocycles. The summed E-state index contributed by atoms with van der Waals surface area (Å²) in [6.07, 6.45) is 6.96. The number of pyridine rings is 1. The Balaban J connectivity index is 2.03. The van der Waals surface area contributed by atoms with Crippen LogP contribution in [-0.2, 0) is 5.75 Å². The molecule has 5 heteroatoms. The first-order valence-corrected chi connectivity index (χ1v) is 6.45. The Hall–Kier alpha value is -1.62. The molecule has 0 saturated carbocycles. The van der Waals surface area contributed by atoms with Crippen molar-refractivity contribution in [3.63, 3.8) is 0 Å². The van der Waals surface area contributed by atoms with Crippen molar-refractivity contribution < 1.29 is 0 Å². The fourth-order valence-corrected chi connectivity index (χ4v) is 2.20. The third-order valence-corrected chi connectivity index (χ3v) is 3.11. The van der Waals surface area contributed by atoms with E-state index in [-0.39, 0.29) is 0 Å². The van der Waals surface area contributed by atoms with Gasteiger partial charge in [0.2, 0.25) is 0 Å². The van der Waals surface area contributed by atoms with Gasteiger partial charge in [-0.15, -0.1) is 0 Å². The van der Waals surface area contributed by atoms with Crippen LogP contribution in [0, 0.1) is 0 Å². The van der Waals surface area contributed by atoms with E-state index in [0.29, 0.717) is 0 Å². The average Bonchev–Trinajstić information content (AvgIpc) is 2.39. The van der Waals surface area contributed by atoms with Crippen LogP contribution in [0.4, 0.5) is 5.82 Å². The normalized spacial score (nSPS) is 10.2. The van der Waals surface area contributed by atoms with Gasteiger partial charge in [0.1, 0.15) is 10.8 Å². The molecule has 0 radical (unpaired) electrons. The van der Waals surface area contributed by atoms with Gasteiger partial charge in [0.25, 0.3) is 0 Å². The van der Waals surface area contributed by atoms with Gasteiger partial charge in [0.15, 0.2) is 0 Å². The van der Waals surface area contributed by atoms with Gasteiger partial charge in [0.05, 0.1) is 6.20 Å². The third-order valence-electron chi connectivity index (χ3n) is 2.15. The van der Waals surface area contributed by atoms with Gasteiger partial charge >= 0.3 is 0 Å². The zero-order valence-electron chi connectivity index (χ0n) is 9.63. The van der Waals surface area contributed by atoms with Crippen molar-refractivity contribution in [2.45, 2.75) is 17.7 Å². The van der Waals surface area contributed by atoms with E-state index in [9.17, 15) is 0 Å². The number of rotatable bonds is 5. The summed E-state index contributed by atoms with van der Waals surface area (Å²) in [4.78, 5) is 12.6. The maximum absolute atomic E-state index is 4.32. The fourth-order valence-electron chi connectivity index (χ4n) is 1.39. The molecule has 0 bridgehead atoms. The van der Waals surface area contributed by atoms with Gasteiger partial charge in [-0.3, -0.25) is 4.98 Å². The number of nitrogens with one attached hydrogen (secondary N) is 1. The van der Waals surface area contributed by atoms with Gasteiger partial charge in [-0.25, -0.2) is 9.97 Å². The Bertz CT molecular complexity index is 461. The highest BCUT2D eigenvalue weighted by Crippen LogP contribution is 2.23. The molecule has 2 heterocycles. The van der Waals surface area contributed by atoms with Crippen molar-refractivity contribution in [2.24, 2.45) is 0 Å². The Morgan fingerprint density at radius 1 is 1.24 bits per heavy atom. The summed E-state index contributed by atoms with van der Waals surface area (Å²) in [7, 11) is 0. The highest BCUT2D eigenvalue weighted by atomic mass is 32.2. The minimum Gasteiger partial charge on any atom is -0.370 e. The van der Waals surface area contributed by atoms with Crippen molar-refractivity contribution in [3.05, 3.63) is 42.5 Å². The number of hydrogen-bond donors (Lipinski definition) is 1. The largest absolute Gasteiger partial charge is 0.370 e. The standard InChI is InChI=1S/C12H14N4S/c1-2-14-12-10(4-3-5-16-12)9-17-11-8-13-6-7-15-11/h3-8H,2,9H2,1H3,(H,14,16). The van der Waals surface area contributed by atoms with Gasteiger partial charge in [-0.1, -0.05) is 17.8 Å². The van der Waals surface area contributed by atoms with Crippen molar-refractivity contribution in [2.75, 3.05) is 11.9 Å². The molecule has 4 nitrogen and oxygen atoms in total. The SMILES string of the molecule is CCNc1ncccc1CSc1cnccn1. The molecule has 0 amide bonds. The summed E-state index contributed by atoms with van der Waals surface area (Å²) in [5, 5.41) is 4.18. The molecule has 0 atom stereocenters. The lowest BCUT2D eigenvalue weighted by atomic mass is 10.3. The molecular formula is C12H14N4S. The minimum atomic E-state index is 0.842. The van der Waals surface area contributed by atoms with Crippen molar-refractivity contribution in [1.29, 1.82) is 0 Å². The second-order valence-electron chi connectivity index (χ2n) is 3.37. The zero-order valence-corrected chi connectivity index (χ0v) is 10.4. The second-order valence-corrected chi connectivity index (χ2v) is 4.37. The molecule has 2 rings (SSSR count). The Labute approximate surface area is 105 Å². The molecule has 0 aliphatic heterocycles. The van der Waals surface area contributed by atoms with Crippen LogP contribution < -0.4 is 5.32 Å². The monoisotopic (exact) mass is 246 g/mol. The van der Waals surface area contributed by atoms with Crippen LogP contribution in [0.1, 0.15) is 12.5 Å². The van der Waals surface area contributed by atoms with Crippen molar-refractivity contribution in [3.8, 4) is 0 Å². The Morgan fingerprint density at radius 2 is 2.18 bits per heavy atom. The molecule has 0 unspecified atom stereocenters. The lowest BCUT2D eigenvalue weighted by Crippen LogP contribution is -2.02. The maximum atomic E-state index is 4.32. The van der Waals surface area contributed by atoms with E-state index in [1.54, 1.807) is 36.5 Å². The van der Waals surface area contributed by atoms with E-state index >= 15 is 0 Å². The molecular weight excluding hydrogens is 232 g/mol. The molecule has 0 fully saturated rings. The summed E-state index contributed by atoms with van der Waals surface area (Å²) in [6, 6.07) is 4.03. The van der Waals surface area contributed by atoms with Gasteiger partial charge in [0, 0.05) is 36.5 Å². The van der Waals surface area contributed by atoms with Crippen LogP contribution in [0.5, 0.6) is 0 Å². The van der Waals surface area contributed by atoms with Crippen LogP contribution in [0.25, 0.3) is 0 Å². The molecule has 0 aromatic carbocycles. The molecule has 0 aliphatic carbocycles. The lowest BCUT2D eigenvalue weighted by molar-refractivity contribution is 1.05. The van der Waals surface area contributed by atoms with Crippen LogP contribution in [0.15, 0.2) is 41.9 Å². The zero-order chi connectivity index (χ0) is 11.9. The Kier molecular flexibility index (Phi) is 4.32. The van der Waals surface area contributed by atoms with Crippen molar-refractivity contribution in [1.82, 2.24) is 15.0 Å². The second kappa shape index (κ2) is 6.20. The predicted octanol–water partition coefficient (Wildman–Crippen LogP) is 2.60. The summed E-state index contributed by atoms with van der Waals surface area (Å²) in [5.41, 5.74) is 1.19. The van der Waals surface area contributed by atoms with Gasteiger partial charge in [-0.05, 0) is 13.0 Å². The first kappa shape index (κ1) is 11.9. The van der Waals surface area contributed by atoms with Crippen LogP contribution >= 0.6 is 11.8 Å². The molecule has 0 saturated heterocycles. The number of hydrogen-bond acceptors (Lipinski definition) is 5. The van der Waals surface area contributed by atoms with Crippen LogP contribution in [0.3, 0.4) is 0 Å². The van der Waals surface area contributed by atoms with Crippen molar-refractivity contribution >= 4 is 17.6 Å². The van der Waals surface area contributed by atoms with E-state index in [1.165, 1.54) is 5.56 Å². The summed E-state index contributed by atoms with van der Waals surface area (Å²) in [6.45, 7) is 2.94. The molecule has 2 aromatic rings. The van der Waals surface area contributed by atoms with E-state index in [0.717, 1.165) is 23.1 Å². The molecule has 88 valence electrons. The first-order chi connectivity index (χ1) is 8.40. The smallest absolute Gasteiger partial charge is 0.129 e. The predicted molar refractivity (Wildman–Crippen MR) is 70.0 cm³/mol. The van der Waals surface area contributed by atoms with E-state index in [1.807, 2.05) is 6.07 Å². The lowest BCUT2D eigenvalue weighted by Gasteiger charge is -2.08. The Morgan fingerprint density at radius 3 is 2.94 bits per heavy atom. The van der Waals surface area contributed by atoms with Gasteiger partial charge in [-0.2, -0.15) is 0 Å². The third kappa shape index (κ3) is 3.42. The average molecular weight is 246 g/mol. The maximum Gasteiger partial charge on any atom is 0.129 e. The highest BCUT2D eigenvalue weighted by Gasteiger charge is 2.03. The topological polar surface area (TPSA) is 50.7 Å². The molecule has 0 spiro atoms. The summed E-state index contributed by atoms with van der Waals surface area (Å²) in [5.74, 6) is 1.79. The van der Waals surface area contributed by atoms with E-state index in [4.69, 9.17) is 0 Å². The number of anilines is 1.